The number of aliphatic carboxylic acids is 2. The lowest BCUT2D eigenvalue weighted by molar-refractivity contribution is -0.136. The number of carbonyl (C=O) groups excluding carboxylic acids is 1. The van der Waals surface area contributed by atoms with E-state index in [9.17, 15) is 14.4 Å². The minimum absolute atomic E-state index is 0.0303. The van der Waals surface area contributed by atoms with Gasteiger partial charge in [-0.25, -0.2) is 14.8 Å². The normalized spacial score (nSPS) is 9.90. The van der Waals surface area contributed by atoms with Crippen molar-refractivity contribution in [2.24, 2.45) is 0 Å². The fraction of sp³-hybridized carbons (Fsp3) is 0.364. The van der Waals surface area contributed by atoms with E-state index in [1.54, 1.807) is 6.92 Å². The van der Waals surface area contributed by atoms with Crippen molar-refractivity contribution in [2.75, 3.05) is 25.1 Å². The molecule has 9 heteroatoms. The van der Waals surface area contributed by atoms with Crippen LogP contribution in [0.15, 0.2) is 6.07 Å². The van der Waals surface area contributed by atoms with Crippen LogP contribution in [0.3, 0.4) is 0 Å². The fourth-order valence-electron chi connectivity index (χ4n) is 1.44. The molecule has 0 aliphatic rings. The zero-order valence-electron chi connectivity index (χ0n) is 10.9. The molecule has 0 saturated carbocycles. The number of carboxylic acid groups (broad SMARTS) is 2. The first kappa shape index (κ1) is 15.3. The number of hydrogen-bond acceptors (Lipinski definition) is 7. The molecule has 0 amide bonds. The lowest BCUT2D eigenvalue weighted by Gasteiger charge is -2.19. The van der Waals surface area contributed by atoms with Crippen molar-refractivity contribution in [3.05, 3.63) is 17.6 Å². The number of ether oxygens (including phenoxy) is 1. The van der Waals surface area contributed by atoms with Gasteiger partial charge in [0.05, 0.1) is 7.11 Å². The van der Waals surface area contributed by atoms with Crippen LogP contribution >= 0.6 is 0 Å². The Morgan fingerprint density at radius 1 is 1.20 bits per heavy atom. The van der Waals surface area contributed by atoms with E-state index in [2.05, 4.69) is 14.7 Å². The van der Waals surface area contributed by atoms with E-state index < -0.39 is 31.0 Å². The molecular formula is C11H13N3O6. The summed E-state index contributed by atoms with van der Waals surface area (Å²) in [5, 5.41) is 17.6. The Bertz CT molecular complexity index is 529. The number of methoxy groups -OCH3 is 1. The van der Waals surface area contributed by atoms with E-state index >= 15 is 0 Å². The molecule has 0 radical (unpaired) electrons. The molecule has 20 heavy (non-hydrogen) atoms. The third-order valence-corrected chi connectivity index (χ3v) is 2.18. The summed E-state index contributed by atoms with van der Waals surface area (Å²) in [7, 11) is 1.15. The number of rotatable bonds is 6. The number of aryl methyl sites for hydroxylation is 1. The first-order chi connectivity index (χ1) is 9.33. The molecule has 2 N–H and O–H groups in total. The highest BCUT2D eigenvalue weighted by Crippen LogP contribution is 2.13. The van der Waals surface area contributed by atoms with Gasteiger partial charge in [-0.15, -0.1) is 0 Å². The molecule has 0 atom stereocenters. The lowest BCUT2D eigenvalue weighted by atomic mass is 10.3. The predicted molar refractivity (Wildman–Crippen MR) is 65.6 cm³/mol. The maximum absolute atomic E-state index is 11.4. The third kappa shape index (κ3) is 4.19. The predicted octanol–water partition coefficient (Wildman–Crippen LogP) is -0.453. The molecule has 108 valence electrons. The third-order valence-electron chi connectivity index (χ3n) is 2.18. The Labute approximate surface area is 113 Å². The first-order valence-corrected chi connectivity index (χ1v) is 5.46. The van der Waals surface area contributed by atoms with Gasteiger partial charge in [-0.2, -0.15) is 0 Å². The Hall–Kier alpha value is -2.71. The van der Waals surface area contributed by atoms with Crippen molar-refractivity contribution in [2.45, 2.75) is 6.92 Å². The second-order valence-electron chi connectivity index (χ2n) is 3.83. The molecule has 0 aliphatic heterocycles. The summed E-state index contributed by atoms with van der Waals surface area (Å²) in [4.78, 5) is 41.6. The van der Waals surface area contributed by atoms with Crippen LogP contribution in [-0.2, 0) is 14.3 Å². The summed E-state index contributed by atoms with van der Waals surface area (Å²) in [5.74, 6) is -3.46. The highest BCUT2D eigenvalue weighted by atomic mass is 16.5. The van der Waals surface area contributed by atoms with E-state index in [1.165, 1.54) is 6.07 Å². The minimum Gasteiger partial charge on any atom is -0.480 e. The SMILES string of the molecule is COC(=O)c1nc(C)cc(N(CC(=O)O)CC(=O)O)n1. The van der Waals surface area contributed by atoms with Gasteiger partial charge in [0, 0.05) is 11.8 Å². The highest BCUT2D eigenvalue weighted by molar-refractivity contribution is 5.86. The second-order valence-corrected chi connectivity index (χ2v) is 3.83. The van der Waals surface area contributed by atoms with Crippen molar-refractivity contribution >= 4 is 23.7 Å². The van der Waals surface area contributed by atoms with E-state index in [0.717, 1.165) is 12.0 Å². The standard InChI is InChI=1S/C11H13N3O6/c1-6-3-7(13-10(12-6)11(19)20-2)14(4-8(15)16)5-9(17)18/h3H,4-5H2,1-2H3,(H,15,16)(H,17,18). The molecule has 1 aromatic rings. The number of nitrogens with zero attached hydrogens (tertiary/aromatic N) is 3. The molecule has 0 saturated heterocycles. The molecular weight excluding hydrogens is 270 g/mol. The van der Waals surface area contributed by atoms with Crippen LogP contribution in [0, 0.1) is 6.92 Å². The van der Waals surface area contributed by atoms with E-state index in [4.69, 9.17) is 10.2 Å². The number of carboxylic acids is 2. The number of hydrogen-bond donors (Lipinski definition) is 2. The van der Waals surface area contributed by atoms with Crippen molar-refractivity contribution in [1.29, 1.82) is 0 Å². The largest absolute Gasteiger partial charge is 0.480 e. The Morgan fingerprint density at radius 3 is 2.20 bits per heavy atom. The van der Waals surface area contributed by atoms with Crippen LogP contribution in [0.5, 0.6) is 0 Å². The molecule has 0 aliphatic carbocycles. The van der Waals surface area contributed by atoms with Crippen molar-refractivity contribution < 1.29 is 29.3 Å². The second kappa shape index (κ2) is 6.45. The van der Waals surface area contributed by atoms with Gasteiger partial charge in [-0.3, -0.25) is 9.59 Å². The Kier molecular flexibility index (Phi) is 4.95. The summed E-state index contributed by atoms with van der Waals surface area (Å²) < 4.78 is 4.47. The molecule has 1 aromatic heterocycles. The van der Waals surface area contributed by atoms with Crippen LogP contribution < -0.4 is 4.90 Å². The van der Waals surface area contributed by atoms with Gasteiger partial charge in [-0.05, 0) is 6.92 Å². The van der Waals surface area contributed by atoms with Gasteiger partial charge < -0.3 is 19.8 Å². The minimum atomic E-state index is -1.22. The number of aromatic nitrogens is 2. The topological polar surface area (TPSA) is 130 Å². The first-order valence-electron chi connectivity index (χ1n) is 5.46. The Morgan fingerprint density at radius 2 is 1.75 bits per heavy atom. The van der Waals surface area contributed by atoms with Crippen molar-refractivity contribution in [1.82, 2.24) is 9.97 Å². The van der Waals surface area contributed by atoms with Crippen molar-refractivity contribution in [3.63, 3.8) is 0 Å². The zero-order valence-corrected chi connectivity index (χ0v) is 10.9. The fourth-order valence-corrected chi connectivity index (χ4v) is 1.44. The monoisotopic (exact) mass is 283 g/mol. The average Bonchev–Trinajstić information content (AvgIpc) is 2.35. The van der Waals surface area contributed by atoms with Crippen molar-refractivity contribution in [3.8, 4) is 0 Å². The summed E-state index contributed by atoms with van der Waals surface area (Å²) in [6, 6.07) is 1.39. The van der Waals surface area contributed by atoms with Gasteiger partial charge >= 0.3 is 17.9 Å². The van der Waals surface area contributed by atoms with Gasteiger partial charge in [0.25, 0.3) is 0 Å². The maximum Gasteiger partial charge on any atom is 0.376 e. The van der Waals surface area contributed by atoms with Gasteiger partial charge in [0.15, 0.2) is 0 Å². The summed E-state index contributed by atoms with van der Waals surface area (Å²) in [6.45, 7) is 0.435. The molecule has 9 nitrogen and oxygen atoms in total. The molecule has 0 unspecified atom stereocenters. The number of esters is 1. The van der Waals surface area contributed by atoms with Gasteiger partial charge in [0.1, 0.15) is 18.9 Å². The molecule has 0 aromatic carbocycles. The molecule has 1 heterocycles. The average molecular weight is 283 g/mol. The lowest BCUT2D eigenvalue weighted by Crippen LogP contribution is -2.35. The van der Waals surface area contributed by atoms with Gasteiger partial charge in [-0.1, -0.05) is 0 Å². The van der Waals surface area contributed by atoms with Crippen LogP contribution in [0.4, 0.5) is 5.82 Å². The summed E-state index contributed by atoms with van der Waals surface area (Å²) in [6.07, 6.45) is 0. The molecule has 0 fully saturated rings. The highest BCUT2D eigenvalue weighted by Gasteiger charge is 2.19. The quantitative estimate of drug-likeness (QED) is 0.666. The van der Waals surface area contributed by atoms with Crippen LogP contribution in [0.1, 0.15) is 16.3 Å². The van der Waals surface area contributed by atoms with Gasteiger partial charge in [0.2, 0.25) is 5.82 Å². The van der Waals surface area contributed by atoms with E-state index in [1.807, 2.05) is 0 Å². The van der Waals surface area contributed by atoms with E-state index in [0.29, 0.717) is 5.69 Å². The zero-order chi connectivity index (χ0) is 15.3. The summed E-state index contributed by atoms with van der Waals surface area (Å²) >= 11 is 0. The van der Waals surface area contributed by atoms with E-state index in [-0.39, 0.29) is 11.6 Å². The van der Waals surface area contributed by atoms with Crippen LogP contribution in [0.2, 0.25) is 0 Å². The smallest absolute Gasteiger partial charge is 0.376 e. The van der Waals surface area contributed by atoms with Crippen LogP contribution in [-0.4, -0.2) is 58.3 Å². The molecule has 1 rings (SSSR count). The molecule has 0 bridgehead atoms. The number of anilines is 1. The van der Waals surface area contributed by atoms with Crippen LogP contribution in [0.25, 0.3) is 0 Å². The Balaban J connectivity index is 3.17. The molecule has 0 spiro atoms. The number of carbonyl (C=O) groups is 3. The maximum atomic E-state index is 11.4. The summed E-state index contributed by atoms with van der Waals surface area (Å²) in [5.41, 5.74) is 0.385.